The van der Waals surface area contributed by atoms with Crippen molar-refractivity contribution in [3.05, 3.63) is 35.4 Å². The fraction of sp³-hybridized carbons (Fsp3) is 0.636. The molecular weight excluding hydrogens is 406 g/mol. The first-order valence-electron chi connectivity index (χ1n) is 10.7. The largest absolute Gasteiger partial charge is 0.444 e. The van der Waals surface area contributed by atoms with Crippen molar-refractivity contribution in [3.63, 3.8) is 0 Å². The number of piperidine rings is 1. The molecule has 0 unspecified atom stereocenters. The Morgan fingerprint density at radius 1 is 1.23 bits per heavy atom. The van der Waals surface area contributed by atoms with Gasteiger partial charge in [0.1, 0.15) is 17.2 Å². The van der Waals surface area contributed by atoms with Crippen LogP contribution in [0.2, 0.25) is 0 Å². The Morgan fingerprint density at radius 2 is 1.94 bits per heavy atom. The van der Waals surface area contributed by atoms with Crippen LogP contribution in [0.1, 0.15) is 45.6 Å². The molecule has 1 aromatic carbocycles. The molecule has 31 heavy (non-hydrogen) atoms. The van der Waals surface area contributed by atoms with Gasteiger partial charge in [0.25, 0.3) is 0 Å². The molecule has 9 heteroatoms. The Labute approximate surface area is 183 Å². The minimum absolute atomic E-state index is 0.150. The molecule has 1 aliphatic rings. The highest BCUT2D eigenvalue weighted by Gasteiger charge is 2.22. The summed E-state index contributed by atoms with van der Waals surface area (Å²) in [4.78, 5) is 17.9. The predicted molar refractivity (Wildman–Crippen MR) is 116 cm³/mol. The fourth-order valence-corrected chi connectivity index (χ4v) is 3.25. The summed E-state index contributed by atoms with van der Waals surface area (Å²) in [5.41, 5.74) is -0.241. The van der Waals surface area contributed by atoms with Crippen LogP contribution in [0.4, 0.5) is 13.6 Å². The van der Waals surface area contributed by atoms with Crippen LogP contribution in [-0.2, 0) is 16.0 Å². The normalized spacial score (nSPS) is 15.7. The number of carbonyl (C=O) groups is 1. The molecule has 2 N–H and O–H groups in total. The summed E-state index contributed by atoms with van der Waals surface area (Å²) in [6.45, 7) is 8.22. The highest BCUT2D eigenvalue weighted by atomic mass is 19.1. The second kappa shape index (κ2) is 11.8. The van der Waals surface area contributed by atoms with Crippen LogP contribution in [0, 0.1) is 11.6 Å². The average Bonchev–Trinajstić information content (AvgIpc) is 2.70. The molecule has 1 aliphatic heterocycles. The maximum atomic E-state index is 13.8. The van der Waals surface area contributed by atoms with Crippen LogP contribution >= 0.6 is 0 Å². The summed E-state index contributed by atoms with van der Waals surface area (Å²) in [7, 11) is 1.67. The molecule has 0 bridgehead atoms. The number of hydrogen-bond donors (Lipinski definition) is 2. The lowest BCUT2D eigenvalue weighted by molar-refractivity contribution is 0.0170. The predicted octanol–water partition coefficient (Wildman–Crippen LogP) is 3.44. The Hall–Kier alpha value is -2.42. The minimum atomic E-state index is -0.504. The van der Waals surface area contributed by atoms with E-state index in [1.54, 1.807) is 7.05 Å². The second-order valence-corrected chi connectivity index (χ2v) is 8.48. The molecule has 1 aromatic rings. The lowest BCUT2D eigenvalue weighted by Gasteiger charge is -2.34. The number of halogens is 2. The van der Waals surface area contributed by atoms with Gasteiger partial charge in [0, 0.05) is 45.4 Å². The first kappa shape index (κ1) is 24.8. The summed E-state index contributed by atoms with van der Waals surface area (Å²) < 4.78 is 38.2. The van der Waals surface area contributed by atoms with Gasteiger partial charge in [0.05, 0.1) is 6.10 Å². The molecule has 1 saturated heterocycles. The molecule has 0 spiro atoms. The van der Waals surface area contributed by atoms with Crippen LogP contribution < -0.4 is 10.6 Å². The summed E-state index contributed by atoms with van der Waals surface area (Å²) in [6, 6.07) is 3.42. The lowest BCUT2D eigenvalue weighted by atomic mass is 10.1. The van der Waals surface area contributed by atoms with Gasteiger partial charge < -0.3 is 25.0 Å². The highest BCUT2D eigenvalue weighted by Crippen LogP contribution is 2.15. The van der Waals surface area contributed by atoms with Gasteiger partial charge in [-0.3, -0.25) is 4.99 Å². The highest BCUT2D eigenvalue weighted by molar-refractivity contribution is 5.80. The summed E-state index contributed by atoms with van der Waals surface area (Å²) in [5.74, 6) is -0.256. The average molecular weight is 441 g/mol. The minimum Gasteiger partial charge on any atom is -0.444 e. The lowest BCUT2D eigenvalue weighted by Crippen LogP contribution is -2.46. The van der Waals surface area contributed by atoms with Crippen molar-refractivity contribution in [1.29, 1.82) is 0 Å². The van der Waals surface area contributed by atoms with Gasteiger partial charge in [-0.25, -0.2) is 13.6 Å². The van der Waals surface area contributed by atoms with Crippen molar-refractivity contribution in [2.24, 2.45) is 4.99 Å². The number of aliphatic imine (C=N–C) groups is 1. The number of rotatable bonds is 7. The van der Waals surface area contributed by atoms with E-state index in [1.807, 2.05) is 20.8 Å². The molecule has 7 nitrogen and oxygen atoms in total. The molecule has 174 valence electrons. The van der Waals surface area contributed by atoms with E-state index < -0.39 is 23.3 Å². The molecule has 1 heterocycles. The SMILES string of the molecule is CN=C(NCc1cc(F)ccc1F)N1CCC(OCCCNC(=O)OC(C)(C)C)CC1. The Balaban J connectivity index is 1.64. The van der Waals surface area contributed by atoms with E-state index in [1.165, 1.54) is 6.07 Å². The molecular formula is C22H34F2N4O3. The van der Waals surface area contributed by atoms with Crippen molar-refractivity contribution in [1.82, 2.24) is 15.5 Å². The Kier molecular flexibility index (Phi) is 9.48. The van der Waals surface area contributed by atoms with E-state index in [0.717, 1.165) is 38.1 Å². The zero-order valence-corrected chi connectivity index (χ0v) is 18.8. The van der Waals surface area contributed by atoms with Gasteiger partial charge in [0.15, 0.2) is 5.96 Å². The number of nitrogens with zero attached hydrogens (tertiary/aromatic N) is 2. The van der Waals surface area contributed by atoms with Crippen LogP contribution in [0.25, 0.3) is 0 Å². The van der Waals surface area contributed by atoms with Crippen molar-refractivity contribution in [2.75, 3.05) is 33.3 Å². The standard InChI is InChI=1S/C22H34F2N4O3/c1-22(2,3)31-21(29)26-10-5-13-30-18-8-11-28(12-9-18)20(25-4)27-15-16-14-17(23)6-7-19(16)24/h6-7,14,18H,5,8-13,15H2,1-4H3,(H,25,27)(H,26,29). The molecule has 0 aromatic heterocycles. The number of hydrogen-bond acceptors (Lipinski definition) is 4. The fourth-order valence-electron chi connectivity index (χ4n) is 3.25. The molecule has 2 rings (SSSR count). The number of benzene rings is 1. The molecule has 0 radical (unpaired) electrons. The number of amides is 1. The summed E-state index contributed by atoms with van der Waals surface area (Å²) >= 11 is 0. The van der Waals surface area contributed by atoms with E-state index in [9.17, 15) is 13.6 Å². The number of nitrogens with one attached hydrogen (secondary N) is 2. The van der Waals surface area contributed by atoms with E-state index in [-0.39, 0.29) is 18.2 Å². The zero-order chi connectivity index (χ0) is 22.9. The van der Waals surface area contributed by atoms with Crippen molar-refractivity contribution < 1.29 is 23.0 Å². The van der Waals surface area contributed by atoms with Gasteiger partial charge in [0.2, 0.25) is 0 Å². The van der Waals surface area contributed by atoms with Crippen LogP contribution in [0.5, 0.6) is 0 Å². The Bertz CT molecular complexity index is 745. The maximum Gasteiger partial charge on any atom is 0.407 e. The van der Waals surface area contributed by atoms with Crippen molar-refractivity contribution in [3.8, 4) is 0 Å². The maximum absolute atomic E-state index is 13.8. The third kappa shape index (κ3) is 9.08. The van der Waals surface area contributed by atoms with Gasteiger partial charge in [-0.2, -0.15) is 0 Å². The number of carbonyl (C=O) groups excluding carboxylic acids is 1. The molecule has 0 atom stereocenters. The first-order valence-corrected chi connectivity index (χ1v) is 10.7. The molecule has 1 amide bonds. The Morgan fingerprint density at radius 3 is 2.58 bits per heavy atom. The van der Waals surface area contributed by atoms with Crippen LogP contribution in [-0.4, -0.2) is 61.9 Å². The van der Waals surface area contributed by atoms with Crippen molar-refractivity contribution in [2.45, 2.75) is 58.3 Å². The van der Waals surface area contributed by atoms with Gasteiger partial charge in [-0.15, -0.1) is 0 Å². The van der Waals surface area contributed by atoms with E-state index >= 15 is 0 Å². The van der Waals surface area contributed by atoms with E-state index in [0.29, 0.717) is 25.5 Å². The smallest absolute Gasteiger partial charge is 0.407 e. The number of ether oxygens (including phenoxy) is 2. The van der Waals surface area contributed by atoms with Crippen LogP contribution in [0.15, 0.2) is 23.2 Å². The van der Waals surface area contributed by atoms with E-state index in [4.69, 9.17) is 9.47 Å². The summed E-state index contributed by atoms with van der Waals surface area (Å²) in [6.07, 6.45) is 2.12. The number of alkyl carbamates (subject to hydrolysis) is 1. The van der Waals surface area contributed by atoms with Gasteiger partial charge in [-0.1, -0.05) is 0 Å². The second-order valence-electron chi connectivity index (χ2n) is 8.48. The number of guanidine groups is 1. The quantitative estimate of drug-likeness (QED) is 0.386. The zero-order valence-electron chi connectivity index (χ0n) is 18.8. The van der Waals surface area contributed by atoms with E-state index in [2.05, 4.69) is 20.5 Å². The van der Waals surface area contributed by atoms with Gasteiger partial charge in [-0.05, 0) is 58.2 Å². The monoisotopic (exact) mass is 440 g/mol. The van der Waals surface area contributed by atoms with Crippen molar-refractivity contribution >= 4 is 12.1 Å². The molecule has 0 saturated carbocycles. The third-order valence-electron chi connectivity index (χ3n) is 4.74. The van der Waals surface area contributed by atoms with Crippen LogP contribution in [0.3, 0.4) is 0 Å². The van der Waals surface area contributed by atoms with Gasteiger partial charge >= 0.3 is 6.09 Å². The third-order valence-corrected chi connectivity index (χ3v) is 4.74. The number of likely N-dealkylation sites (tertiary alicyclic amines) is 1. The molecule has 1 fully saturated rings. The topological polar surface area (TPSA) is 75.2 Å². The summed E-state index contributed by atoms with van der Waals surface area (Å²) in [5, 5.41) is 5.82. The first-order chi connectivity index (χ1) is 14.7. The molecule has 0 aliphatic carbocycles.